The Morgan fingerprint density at radius 3 is 2.41 bits per heavy atom. The van der Waals surface area contributed by atoms with E-state index in [0.717, 1.165) is 4.90 Å². The lowest BCUT2D eigenvalue weighted by Gasteiger charge is -2.29. The maximum absolute atomic E-state index is 12.1. The molecule has 2 amide bonds. The fourth-order valence-corrected chi connectivity index (χ4v) is 2.09. The molecule has 5 nitrogen and oxygen atoms in total. The van der Waals surface area contributed by atoms with E-state index in [1.807, 2.05) is 0 Å². The van der Waals surface area contributed by atoms with Crippen molar-refractivity contribution in [1.82, 2.24) is 9.88 Å². The summed E-state index contributed by atoms with van der Waals surface area (Å²) < 4.78 is 0. The van der Waals surface area contributed by atoms with Gasteiger partial charge in [-0.1, -0.05) is 11.6 Å². The molecule has 0 aliphatic carbocycles. The molecule has 1 aliphatic rings. The molecule has 0 unspecified atom stereocenters. The smallest absolute Gasteiger partial charge is 0.280 e. The summed E-state index contributed by atoms with van der Waals surface area (Å²) in [5.74, 6) is -0.743. The molecule has 0 radical (unpaired) electrons. The Balaban J connectivity index is 2.65. The molecule has 1 aromatic rings. The Morgan fingerprint density at radius 1 is 1.29 bits per heavy atom. The highest BCUT2D eigenvalue weighted by Gasteiger charge is 2.44. The first-order valence-electron chi connectivity index (χ1n) is 5.08. The van der Waals surface area contributed by atoms with E-state index in [1.54, 1.807) is 20.8 Å². The summed E-state index contributed by atoms with van der Waals surface area (Å²) in [4.78, 5) is 29.3. The molecule has 0 saturated heterocycles. The van der Waals surface area contributed by atoms with Crippen LogP contribution in [-0.4, -0.2) is 27.2 Å². The summed E-state index contributed by atoms with van der Waals surface area (Å²) in [6.07, 6.45) is 0. The van der Waals surface area contributed by atoms with Crippen molar-refractivity contribution in [3.05, 3.63) is 22.3 Å². The zero-order chi connectivity index (χ0) is 13.0. The minimum absolute atomic E-state index is 0.0370. The number of amides is 2. The van der Waals surface area contributed by atoms with Gasteiger partial charge in [0.2, 0.25) is 0 Å². The van der Waals surface area contributed by atoms with E-state index < -0.39 is 17.4 Å². The summed E-state index contributed by atoms with van der Waals surface area (Å²) >= 11 is 5.93. The number of hydrogen-bond donors (Lipinski definition) is 1. The molecule has 2 heterocycles. The number of nitrogens with zero attached hydrogens (tertiary/aromatic N) is 2. The molecule has 1 aliphatic heterocycles. The van der Waals surface area contributed by atoms with Crippen LogP contribution in [0.3, 0.4) is 0 Å². The molecule has 1 aromatic heterocycles. The third-order valence-corrected chi connectivity index (χ3v) is 2.78. The molecular weight excluding hydrogens is 242 g/mol. The Bertz CT molecular complexity index is 534. The topological polar surface area (TPSA) is 76.3 Å². The Hall–Kier alpha value is -1.62. The van der Waals surface area contributed by atoms with Crippen molar-refractivity contribution in [2.45, 2.75) is 26.3 Å². The molecule has 0 atom stereocenters. The minimum Gasteiger partial charge on any atom is -0.384 e. The molecule has 90 valence electrons. The van der Waals surface area contributed by atoms with Gasteiger partial charge in [-0.25, -0.2) is 4.98 Å². The third kappa shape index (κ3) is 1.67. The van der Waals surface area contributed by atoms with Crippen LogP contribution in [0.5, 0.6) is 0 Å². The highest BCUT2D eigenvalue weighted by Crippen LogP contribution is 2.33. The van der Waals surface area contributed by atoms with Crippen molar-refractivity contribution in [3.8, 4) is 0 Å². The number of fused-ring (bicyclic) bond motifs is 1. The van der Waals surface area contributed by atoms with Crippen molar-refractivity contribution in [3.63, 3.8) is 0 Å². The summed E-state index contributed by atoms with van der Waals surface area (Å²) in [6, 6.07) is 1.37. The number of anilines is 1. The molecule has 2 N–H and O–H groups in total. The fourth-order valence-electron chi connectivity index (χ4n) is 1.81. The van der Waals surface area contributed by atoms with Crippen LogP contribution in [0.15, 0.2) is 6.07 Å². The van der Waals surface area contributed by atoms with Crippen LogP contribution in [0.2, 0.25) is 5.02 Å². The van der Waals surface area contributed by atoms with Crippen LogP contribution in [-0.2, 0) is 0 Å². The monoisotopic (exact) mass is 253 g/mol. The van der Waals surface area contributed by atoms with Gasteiger partial charge in [0.1, 0.15) is 11.5 Å². The lowest BCUT2D eigenvalue weighted by molar-refractivity contribution is 0.0506. The maximum atomic E-state index is 12.1. The van der Waals surface area contributed by atoms with Gasteiger partial charge in [-0.15, -0.1) is 0 Å². The van der Waals surface area contributed by atoms with E-state index in [2.05, 4.69) is 4.98 Å². The number of imide groups is 1. The van der Waals surface area contributed by atoms with Crippen LogP contribution >= 0.6 is 11.6 Å². The van der Waals surface area contributed by atoms with Crippen LogP contribution in [0.1, 0.15) is 41.6 Å². The quantitative estimate of drug-likeness (QED) is 0.714. The van der Waals surface area contributed by atoms with Crippen molar-refractivity contribution in [2.75, 3.05) is 5.73 Å². The average molecular weight is 254 g/mol. The third-order valence-electron chi connectivity index (χ3n) is 2.48. The number of nitrogens with two attached hydrogens (primary N) is 1. The van der Waals surface area contributed by atoms with Gasteiger partial charge in [-0.05, 0) is 26.8 Å². The first-order valence-corrected chi connectivity index (χ1v) is 5.46. The number of halogens is 1. The highest BCUT2D eigenvalue weighted by molar-refractivity contribution is 6.37. The maximum Gasteiger partial charge on any atom is 0.280 e. The van der Waals surface area contributed by atoms with Gasteiger partial charge in [-0.3, -0.25) is 14.5 Å². The molecule has 6 heteroatoms. The van der Waals surface area contributed by atoms with Crippen LogP contribution in [0, 0.1) is 0 Å². The number of nitrogen functional groups attached to an aromatic ring is 1. The van der Waals surface area contributed by atoms with E-state index in [9.17, 15) is 9.59 Å². The zero-order valence-corrected chi connectivity index (χ0v) is 10.5. The largest absolute Gasteiger partial charge is 0.384 e. The Labute approximate surface area is 104 Å². The lowest BCUT2D eigenvalue weighted by atomic mass is 10.1. The van der Waals surface area contributed by atoms with Gasteiger partial charge in [0, 0.05) is 5.54 Å². The molecule has 17 heavy (non-hydrogen) atoms. The second-order valence-electron chi connectivity index (χ2n) is 4.87. The van der Waals surface area contributed by atoms with Crippen molar-refractivity contribution in [2.24, 2.45) is 0 Å². The molecular formula is C11H12ClN3O2. The summed E-state index contributed by atoms with van der Waals surface area (Å²) in [5.41, 5.74) is 5.07. The van der Waals surface area contributed by atoms with E-state index in [0.29, 0.717) is 0 Å². The molecule has 0 saturated carbocycles. The summed E-state index contributed by atoms with van der Waals surface area (Å²) in [6.45, 7) is 5.31. The Kier molecular flexibility index (Phi) is 2.39. The van der Waals surface area contributed by atoms with Crippen molar-refractivity contribution in [1.29, 1.82) is 0 Å². The molecule has 0 bridgehead atoms. The standard InChI is InChI=1S/C11H12ClN3O2/c1-11(2,3)15-9(16)7-5(12)4-6(13)14-8(7)10(15)17/h4H,1-3H3,(H2,13,14). The van der Waals surface area contributed by atoms with Crippen LogP contribution in [0.4, 0.5) is 5.82 Å². The summed E-state index contributed by atoms with van der Waals surface area (Å²) in [5, 5.41) is 0.164. The van der Waals surface area contributed by atoms with Gasteiger partial charge >= 0.3 is 0 Å². The van der Waals surface area contributed by atoms with E-state index in [-0.39, 0.29) is 22.1 Å². The minimum atomic E-state index is -0.618. The van der Waals surface area contributed by atoms with Crippen LogP contribution in [0.25, 0.3) is 0 Å². The second kappa shape index (κ2) is 3.43. The predicted molar refractivity (Wildman–Crippen MR) is 63.9 cm³/mol. The zero-order valence-electron chi connectivity index (χ0n) is 9.74. The summed E-state index contributed by atoms with van der Waals surface area (Å²) in [7, 11) is 0. The van der Waals surface area contributed by atoms with Crippen molar-refractivity contribution < 1.29 is 9.59 Å². The average Bonchev–Trinajstić information content (AvgIpc) is 2.37. The van der Waals surface area contributed by atoms with Gasteiger partial charge in [0.05, 0.1) is 10.6 Å². The number of carbonyl (C=O) groups excluding carboxylic acids is 2. The van der Waals surface area contributed by atoms with Gasteiger partial charge in [-0.2, -0.15) is 0 Å². The van der Waals surface area contributed by atoms with Crippen LogP contribution < -0.4 is 5.73 Å². The van der Waals surface area contributed by atoms with E-state index in [1.165, 1.54) is 6.07 Å². The van der Waals surface area contributed by atoms with Gasteiger partial charge in [0.15, 0.2) is 0 Å². The van der Waals surface area contributed by atoms with E-state index in [4.69, 9.17) is 17.3 Å². The first-order chi connectivity index (χ1) is 7.73. The molecule has 0 fully saturated rings. The molecule has 0 aromatic carbocycles. The van der Waals surface area contributed by atoms with Crippen molar-refractivity contribution >= 4 is 29.2 Å². The number of rotatable bonds is 0. The van der Waals surface area contributed by atoms with Gasteiger partial charge in [0.25, 0.3) is 11.8 Å². The van der Waals surface area contributed by atoms with E-state index >= 15 is 0 Å². The highest BCUT2D eigenvalue weighted by atomic mass is 35.5. The fraction of sp³-hybridized carbons (Fsp3) is 0.364. The SMILES string of the molecule is CC(C)(C)N1C(=O)c2nc(N)cc(Cl)c2C1=O. The first kappa shape index (κ1) is 11.9. The second-order valence-corrected chi connectivity index (χ2v) is 5.28. The number of aromatic nitrogens is 1. The normalized spacial score (nSPS) is 15.4. The Morgan fingerprint density at radius 2 is 1.88 bits per heavy atom. The molecule has 2 rings (SSSR count). The number of hydrogen-bond acceptors (Lipinski definition) is 4. The van der Waals surface area contributed by atoms with Gasteiger partial charge < -0.3 is 5.73 Å². The predicted octanol–water partition coefficient (Wildman–Crippen LogP) is 1.71. The number of pyridine rings is 1. The lowest BCUT2D eigenvalue weighted by Crippen LogP contribution is -2.45. The molecule has 0 spiro atoms. The number of carbonyl (C=O) groups is 2.